The quantitative estimate of drug-likeness (QED) is 0.778. The van der Waals surface area contributed by atoms with Gasteiger partial charge in [0.15, 0.2) is 0 Å². The minimum Gasteiger partial charge on any atom is -0.349 e. The van der Waals surface area contributed by atoms with Gasteiger partial charge in [0.25, 0.3) is 5.91 Å². The summed E-state index contributed by atoms with van der Waals surface area (Å²) in [4.78, 5) is 17.1. The fourth-order valence-corrected chi connectivity index (χ4v) is 3.33. The third-order valence-corrected chi connectivity index (χ3v) is 4.61. The summed E-state index contributed by atoms with van der Waals surface area (Å²) in [5.41, 5.74) is 1.72. The SMILES string of the molecule is Cc1cc(C(=O)NC2CCc3nncn3CC2)c2ccc(F)cc2n1. The van der Waals surface area contributed by atoms with E-state index in [0.717, 1.165) is 31.6 Å². The maximum absolute atomic E-state index is 13.5. The number of fused-ring (bicyclic) bond motifs is 2. The van der Waals surface area contributed by atoms with Gasteiger partial charge in [-0.05, 0) is 38.0 Å². The smallest absolute Gasteiger partial charge is 0.252 e. The molecule has 3 heterocycles. The first kappa shape index (κ1) is 15.7. The molecule has 1 aliphatic rings. The van der Waals surface area contributed by atoms with Gasteiger partial charge >= 0.3 is 0 Å². The van der Waals surface area contributed by atoms with Crippen molar-refractivity contribution >= 4 is 16.8 Å². The minimum absolute atomic E-state index is 0.0677. The second kappa shape index (κ2) is 6.23. The number of nitrogens with zero attached hydrogens (tertiary/aromatic N) is 4. The van der Waals surface area contributed by atoms with E-state index in [4.69, 9.17) is 0 Å². The van der Waals surface area contributed by atoms with Crippen LogP contribution in [0.1, 0.15) is 34.7 Å². The van der Waals surface area contributed by atoms with Crippen LogP contribution < -0.4 is 5.32 Å². The van der Waals surface area contributed by atoms with Gasteiger partial charge in [-0.15, -0.1) is 10.2 Å². The molecule has 0 radical (unpaired) electrons. The molecule has 0 saturated carbocycles. The number of rotatable bonds is 2. The van der Waals surface area contributed by atoms with Crippen LogP contribution >= 0.6 is 0 Å². The van der Waals surface area contributed by atoms with Crippen molar-refractivity contribution in [1.29, 1.82) is 0 Å². The number of carbonyl (C=O) groups excluding carboxylic acids is 1. The average Bonchev–Trinajstić information content (AvgIpc) is 2.95. The number of halogens is 1. The molecule has 1 aliphatic heterocycles. The Balaban J connectivity index is 1.57. The lowest BCUT2D eigenvalue weighted by atomic mass is 10.0. The molecule has 0 fully saturated rings. The highest BCUT2D eigenvalue weighted by Gasteiger charge is 2.20. The van der Waals surface area contributed by atoms with Crippen molar-refractivity contribution in [1.82, 2.24) is 25.1 Å². The van der Waals surface area contributed by atoms with E-state index in [1.54, 1.807) is 25.4 Å². The monoisotopic (exact) mass is 339 g/mol. The molecule has 3 aromatic rings. The van der Waals surface area contributed by atoms with Crippen LogP contribution in [0.15, 0.2) is 30.6 Å². The van der Waals surface area contributed by atoms with Crippen LogP contribution in [0, 0.1) is 12.7 Å². The Morgan fingerprint density at radius 3 is 3.08 bits per heavy atom. The standard InChI is InChI=1S/C18H18FN5O/c1-11-8-15(14-4-2-12(19)9-16(14)21-11)18(25)22-13-3-5-17-23-20-10-24(17)7-6-13/h2,4,8-10,13H,3,5-7H2,1H3,(H,22,25). The maximum atomic E-state index is 13.5. The number of amides is 1. The first-order valence-electron chi connectivity index (χ1n) is 8.34. The van der Waals surface area contributed by atoms with Gasteiger partial charge in [0.05, 0.1) is 11.1 Å². The molecule has 0 spiro atoms. The Labute approximate surface area is 144 Å². The largest absolute Gasteiger partial charge is 0.349 e. The predicted octanol–water partition coefficient (Wildman–Crippen LogP) is 2.41. The van der Waals surface area contributed by atoms with Crippen molar-refractivity contribution in [2.24, 2.45) is 0 Å². The molecular weight excluding hydrogens is 321 g/mol. The lowest BCUT2D eigenvalue weighted by molar-refractivity contribution is 0.0934. The van der Waals surface area contributed by atoms with E-state index in [9.17, 15) is 9.18 Å². The molecule has 128 valence electrons. The van der Waals surface area contributed by atoms with Gasteiger partial charge in [0.2, 0.25) is 0 Å². The summed E-state index contributed by atoms with van der Waals surface area (Å²) in [7, 11) is 0. The van der Waals surface area contributed by atoms with E-state index < -0.39 is 0 Å². The molecule has 1 atom stereocenters. The highest BCUT2D eigenvalue weighted by Crippen LogP contribution is 2.20. The molecule has 25 heavy (non-hydrogen) atoms. The molecule has 1 amide bonds. The zero-order chi connectivity index (χ0) is 17.4. The van der Waals surface area contributed by atoms with Crippen molar-refractivity contribution in [2.45, 2.75) is 38.8 Å². The fraction of sp³-hybridized carbons (Fsp3) is 0.333. The van der Waals surface area contributed by atoms with Gasteiger partial charge in [-0.2, -0.15) is 0 Å². The lowest BCUT2D eigenvalue weighted by Gasteiger charge is -2.17. The molecule has 1 unspecified atom stereocenters. The summed E-state index contributed by atoms with van der Waals surface area (Å²) in [6.45, 7) is 2.59. The zero-order valence-electron chi connectivity index (χ0n) is 13.9. The molecule has 1 aromatic carbocycles. The van der Waals surface area contributed by atoms with Gasteiger partial charge < -0.3 is 9.88 Å². The number of carbonyl (C=O) groups is 1. The van der Waals surface area contributed by atoms with E-state index in [2.05, 4.69) is 20.5 Å². The number of hydrogen-bond acceptors (Lipinski definition) is 4. The molecule has 0 bridgehead atoms. The van der Waals surface area contributed by atoms with Gasteiger partial charge in [-0.3, -0.25) is 9.78 Å². The van der Waals surface area contributed by atoms with E-state index in [1.807, 2.05) is 4.57 Å². The first-order valence-corrected chi connectivity index (χ1v) is 8.34. The number of aryl methyl sites for hydroxylation is 3. The summed E-state index contributed by atoms with van der Waals surface area (Å²) >= 11 is 0. The van der Waals surface area contributed by atoms with Crippen LogP contribution in [0.2, 0.25) is 0 Å². The molecule has 4 rings (SSSR count). The summed E-state index contributed by atoms with van der Waals surface area (Å²) in [6.07, 6.45) is 4.16. The highest BCUT2D eigenvalue weighted by molar-refractivity contribution is 6.06. The van der Waals surface area contributed by atoms with Crippen molar-refractivity contribution in [3.63, 3.8) is 0 Å². The average molecular weight is 339 g/mol. The lowest BCUT2D eigenvalue weighted by Crippen LogP contribution is -2.35. The maximum Gasteiger partial charge on any atom is 0.252 e. The molecule has 7 heteroatoms. The number of hydrogen-bond donors (Lipinski definition) is 1. The molecule has 2 aromatic heterocycles. The summed E-state index contributed by atoms with van der Waals surface area (Å²) in [5.74, 6) is 0.450. The van der Waals surface area contributed by atoms with E-state index in [0.29, 0.717) is 22.2 Å². The summed E-state index contributed by atoms with van der Waals surface area (Å²) < 4.78 is 15.5. The molecule has 0 aliphatic carbocycles. The Bertz CT molecular complexity index is 924. The second-order valence-electron chi connectivity index (χ2n) is 6.41. The summed E-state index contributed by atoms with van der Waals surface area (Å²) in [5, 5.41) is 11.8. The summed E-state index contributed by atoms with van der Waals surface area (Å²) in [6, 6.07) is 6.14. The molecule has 6 nitrogen and oxygen atoms in total. The van der Waals surface area contributed by atoms with Crippen molar-refractivity contribution < 1.29 is 9.18 Å². The third kappa shape index (κ3) is 3.09. The number of benzene rings is 1. The van der Waals surface area contributed by atoms with Crippen LogP contribution in [0.25, 0.3) is 10.9 Å². The topological polar surface area (TPSA) is 72.7 Å². The number of pyridine rings is 1. The van der Waals surface area contributed by atoms with Crippen LogP contribution in [0.5, 0.6) is 0 Å². The van der Waals surface area contributed by atoms with Gasteiger partial charge in [-0.25, -0.2) is 4.39 Å². The van der Waals surface area contributed by atoms with Crippen LogP contribution in [-0.4, -0.2) is 31.7 Å². The number of aromatic nitrogens is 4. The van der Waals surface area contributed by atoms with E-state index in [1.165, 1.54) is 12.1 Å². The minimum atomic E-state index is -0.358. The van der Waals surface area contributed by atoms with Crippen molar-refractivity contribution in [2.75, 3.05) is 0 Å². The van der Waals surface area contributed by atoms with Crippen molar-refractivity contribution in [3.05, 3.63) is 53.5 Å². The number of nitrogens with one attached hydrogen (secondary N) is 1. The predicted molar refractivity (Wildman–Crippen MR) is 90.7 cm³/mol. The molecule has 1 N–H and O–H groups in total. The first-order chi connectivity index (χ1) is 12.1. The second-order valence-corrected chi connectivity index (χ2v) is 6.41. The van der Waals surface area contributed by atoms with Gasteiger partial charge in [0, 0.05) is 36.2 Å². The van der Waals surface area contributed by atoms with Crippen LogP contribution in [-0.2, 0) is 13.0 Å². The highest BCUT2D eigenvalue weighted by atomic mass is 19.1. The normalized spacial score (nSPS) is 17.1. The van der Waals surface area contributed by atoms with E-state index in [-0.39, 0.29) is 17.8 Å². The molecule has 0 saturated heterocycles. The van der Waals surface area contributed by atoms with E-state index >= 15 is 0 Å². The Kier molecular flexibility index (Phi) is 3.91. The zero-order valence-corrected chi connectivity index (χ0v) is 13.9. The van der Waals surface area contributed by atoms with Crippen LogP contribution in [0.4, 0.5) is 4.39 Å². The molecular formula is C18H18FN5O. The third-order valence-electron chi connectivity index (χ3n) is 4.61. The van der Waals surface area contributed by atoms with Crippen molar-refractivity contribution in [3.8, 4) is 0 Å². The Morgan fingerprint density at radius 1 is 1.32 bits per heavy atom. The Hall–Kier alpha value is -2.83. The Morgan fingerprint density at radius 2 is 2.20 bits per heavy atom. The van der Waals surface area contributed by atoms with Crippen LogP contribution in [0.3, 0.4) is 0 Å². The van der Waals surface area contributed by atoms with Gasteiger partial charge in [0.1, 0.15) is 18.0 Å². The fourth-order valence-electron chi connectivity index (χ4n) is 3.33. The van der Waals surface area contributed by atoms with Gasteiger partial charge in [-0.1, -0.05) is 0 Å².